The van der Waals surface area contributed by atoms with Crippen LogP contribution >= 0.6 is 22.6 Å². The number of nitrogens with zero attached hydrogens (tertiary/aromatic N) is 1. The molecule has 0 aromatic heterocycles. The molecule has 1 atom stereocenters. The normalized spacial score (nSPS) is 11.9. The summed E-state index contributed by atoms with van der Waals surface area (Å²) in [4.78, 5) is 14.3. The topological polar surface area (TPSA) is 46.3 Å². The SMILES string of the molecule is CC(c1cccc(N)c1)N(C)C(=O)c1ccccc1I. The highest BCUT2D eigenvalue weighted by atomic mass is 127. The van der Waals surface area contributed by atoms with Crippen LogP contribution in [0.25, 0.3) is 0 Å². The molecule has 0 spiro atoms. The summed E-state index contributed by atoms with van der Waals surface area (Å²) in [5.74, 6) is 0.0184. The third-order valence-electron chi connectivity index (χ3n) is 3.40. The number of anilines is 1. The molecule has 0 radical (unpaired) electrons. The molecule has 3 nitrogen and oxygen atoms in total. The molecular weight excluding hydrogens is 363 g/mol. The van der Waals surface area contributed by atoms with Crippen molar-refractivity contribution >= 4 is 34.2 Å². The number of nitrogen functional groups attached to an aromatic ring is 1. The summed E-state index contributed by atoms with van der Waals surface area (Å²) in [7, 11) is 1.82. The van der Waals surface area contributed by atoms with Crippen LogP contribution in [-0.4, -0.2) is 17.9 Å². The molecule has 2 rings (SSSR count). The van der Waals surface area contributed by atoms with E-state index in [1.165, 1.54) is 0 Å². The standard InChI is InChI=1S/C16H17IN2O/c1-11(12-6-5-7-13(18)10-12)19(2)16(20)14-8-3-4-9-15(14)17/h3-11H,18H2,1-2H3. The van der Waals surface area contributed by atoms with Gasteiger partial charge in [-0.15, -0.1) is 0 Å². The van der Waals surface area contributed by atoms with Crippen molar-refractivity contribution in [3.05, 3.63) is 63.2 Å². The maximum atomic E-state index is 12.6. The molecule has 20 heavy (non-hydrogen) atoms. The molecular formula is C16H17IN2O. The lowest BCUT2D eigenvalue weighted by atomic mass is 10.1. The Kier molecular flexibility index (Phi) is 4.65. The molecule has 0 heterocycles. The number of halogens is 1. The van der Waals surface area contributed by atoms with Gasteiger partial charge >= 0.3 is 0 Å². The minimum Gasteiger partial charge on any atom is -0.399 e. The monoisotopic (exact) mass is 380 g/mol. The third-order valence-corrected chi connectivity index (χ3v) is 4.34. The highest BCUT2D eigenvalue weighted by molar-refractivity contribution is 14.1. The Balaban J connectivity index is 2.25. The van der Waals surface area contributed by atoms with E-state index in [2.05, 4.69) is 22.6 Å². The first-order valence-electron chi connectivity index (χ1n) is 6.38. The molecule has 0 bridgehead atoms. The molecule has 0 fully saturated rings. The second kappa shape index (κ2) is 6.26. The van der Waals surface area contributed by atoms with Gasteiger partial charge in [0.25, 0.3) is 5.91 Å². The largest absolute Gasteiger partial charge is 0.399 e. The van der Waals surface area contributed by atoms with E-state index in [1.54, 1.807) is 4.90 Å². The van der Waals surface area contributed by atoms with Gasteiger partial charge < -0.3 is 10.6 Å². The average molecular weight is 380 g/mol. The first-order valence-corrected chi connectivity index (χ1v) is 7.45. The van der Waals surface area contributed by atoms with Gasteiger partial charge in [0, 0.05) is 16.3 Å². The first-order chi connectivity index (χ1) is 9.50. The van der Waals surface area contributed by atoms with Gasteiger partial charge in [-0.2, -0.15) is 0 Å². The van der Waals surface area contributed by atoms with Gasteiger partial charge in [-0.05, 0) is 59.3 Å². The molecule has 104 valence electrons. The Morgan fingerprint density at radius 1 is 1.20 bits per heavy atom. The zero-order valence-electron chi connectivity index (χ0n) is 11.5. The number of carbonyl (C=O) groups is 1. The van der Waals surface area contributed by atoms with Crippen molar-refractivity contribution in [2.45, 2.75) is 13.0 Å². The van der Waals surface area contributed by atoms with Crippen molar-refractivity contribution in [2.24, 2.45) is 0 Å². The van der Waals surface area contributed by atoms with Crippen LogP contribution in [0, 0.1) is 3.57 Å². The summed E-state index contributed by atoms with van der Waals surface area (Å²) >= 11 is 2.18. The van der Waals surface area contributed by atoms with E-state index in [0.717, 1.165) is 14.7 Å². The van der Waals surface area contributed by atoms with Crippen LogP contribution in [0.15, 0.2) is 48.5 Å². The van der Waals surface area contributed by atoms with E-state index < -0.39 is 0 Å². The second-order valence-electron chi connectivity index (χ2n) is 4.74. The maximum Gasteiger partial charge on any atom is 0.255 e. The van der Waals surface area contributed by atoms with Crippen molar-refractivity contribution in [1.29, 1.82) is 0 Å². The van der Waals surface area contributed by atoms with E-state index in [1.807, 2.05) is 62.5 Å². The van der Waals surface area contributed by atoms with Gasteiger partial charge in [0.2, 0.25) is 0 Å². The summed E-state index contributed by atoms with van der Waals surface area (Å²) in [6, 6.07) is 15.2. The fourth-order valence-electron chi connectivity index (χ4n) is 2.04. The number of rotatable bonds is 3. The van der Waals surface area contributed by atoms with Crippen LogP contribution in [-0.2, 0) is 0 Å². The number of amides is 1. The van der Waals surface area contributed by atoms with E-state index >= 15 is 0 Å². The Morgan fingerprint density at radius 3 is 2.55 bits per heavy atom. The predicted molar refractivity (Wildman–Crippen MR) is 90.5 cm³/mol. The van der Waals surface area contributed by atoms with E-state index in [-0.39, 0.29) is 11.9 Å². The summed E-state index contributed by atoms with van der Waals surface area (Å²) in [5, 5.41) is 0. The minimum atomic E-state index is -0.0259. The van der Waals surface area contributed by atoms with Gasteiger partial charge in [0.05, 0.1) is 11.6 Å². The molecule has 0 saturated heterocycles. The molecule has 0 aliphatic carbocycles. The molecule has 4 heteroatoms. The third kappa shape index (κ3) is 3.12. The van der Waals surface area contributed by atoms with Gasteiger partial charge in [-0.25, -0.2) is 0 Å². The summed E-state index contributed by atoms with van der Waals surface area (Å²) in [6.07, 6.45) is 0. The number of hydrogen-bond donors (Lipinski definition) is 1. The highest BCUT2D eigenvalue weighted by Crippen LogP contribution is 2.23. The second-order valence-corrected chi connectivity index (χ2v) is 5.90. The van der Waals surface area contributed by atoms with Crippen LogP contribution in [0.4, 0.5) is 5.69 Å². The Hall–Kier alpha value is -1.56. The fraction of sp³-hybridized carbons (Fsp3) is 0.188. The van der Waals surface area contributed by atoms with Gasteiger partial charge in [0.1, 0.15) is 0 Å². The van der Waals surface area contributed by atoms with Crippen LogP contribution in [0.5, 0.6) is 0 Å². The van der Waals surface area contributed by atoms with Gasteiger partial charge in [-0.3, -0.25) is 4.79 Å². The maximum absolute atomic E-state index is 12.6. The zero-order chi connectivity index (χ0) is 14.7. The smallest absolute Gasteiger partial charge is 0.255 e. The Morgan fingerprint density at radius 2 is 1.90 bits per heavy atom. The zero-order valence-corrected chi connectivity index (χ0v) is 13.7. The van der Waals surface area contributed by atoms with Crippen LogP contribution in [0.2, 0.25) is 0 Å². The number of nitrogens with two attached hydrogens (primary N) is 1. The first kappa shape index (κ1) is 14.8. The van der Waals surface area contributed by atoms with Crippen molar-refractivity contribution in [1.82, 2.24) is 4.90 Å². The molecule has 2 aromatic rings. The molecule has 1 amide bonds. The highest BCUT2D eigenvalue weighted by Gasteiger charge is 2.20. The van der Waals surface area contributed by atoms with Crippen molar-refractivity contribution in [3.8, 4) is 0 Å². The van der Waals surface area contributed by atoms with Crippen LogP contribution in [0.3, 0.4) is 0 Å². The van der Waals surface area contributed by atoms with E-state index in [0.29, 0.717) is 5.69 Å². The molecule has 0 aliphatic heterocycles. The van der Waals surface area contributed by atoms with Crippen molar-refractivity contribution in [2.75, 3.05) is 12.8 Å². The number of hydrogen-bond acceptors (Lipinski definition) is 2. The Labute approximate surface area is 132 Å². The lowest BCUT2D eigenvalue weighted by Crippen LogP contribution is -2.30. The lowest BCUT2D eigenvalue weighted by Gasteiger charge is -2.26. The quantitative estimate of drug-likeness (QED) is 0.652. The predicted octanol–water partition coefficient (Wildman–Crippen LogP) is 3.71. The summed E-state index contributed by atoms with van der Waals surface area (Å²) in [5.41, 5.74) is 8.28. The number of carbonyl (C=O) groups excluding carboxylic acids is 1. The van der Waals surface area contributed by atoms with Crippen LogP contribution in [0.1, 0.15) is 28.9 Å². The molecule has 1 unspecified atom stereocenters. The summed E-state index contributed by atoms with van der Waals surface area (Å²) < 4.78 is 0.960. The molecule has 0 aliphatic rings. The van der Waals surface area contributed by atoms with Gasteiger partial charge in [-0.1, -0.05) is 24.3 Å². The van der Waals surface area contributed by atoms with Crippen molar-refractivity contribution in [3.63, 3.8) is 0 Å². The van der Waals surface area contributed by atoms with E-state index in [4.69, 9.17) is 5.73 Å². The molecule has 0 saturated carbocycles. The fourth-order valence-corrected chi connectivity index (χ4v) is 2.66. The minimum absolute atomic E-state index is 0.0184. The van der Waals surface area contributed by atoms with E-state index in [9.17, 15) is 4.79 Å². The lowest BCUT2D eigenvalue weighted by molar-refractivity contribution is 0.0741. The molecule has 2 aromatic carbocycles. The van der Waals surface area contributed by atoms with Crippen molar-refractivity contribution < 1.29 is 4.79 Å². The Bertz CT molecular complexity index is 627. The van der Waals surface area contributed by atoms with Crippen LogP contribution < -0.4 is 5.73 Å². The average Bonchev–Trinajstić information content (AvgIpc) is 2.45. The summed E-state index contributed by atoms with van der Waals surface area (Å²) in [6.45, 7) is 2.00. The van der Waals surface area contributed by atoms with Gasteiger partial charge in [0.15, 0.2) is 0 Å². The number of benzene rings is 2. The molecule has 2 N–H and O–H groups in total.